The van der Waals surface area contributed by atoms with Crippen LogP contribution in [0, 0.1) is 5.92 Å². The van der Waals surface area contributed by atoms with E-state index < -0.39 is 24.0 Å². The third kappa shape index (κ3) is 4.54. The van der Waals surface area contributed by atoms with Crippen molar-refractivity contribution >= 4 is 29.2 Å². The Morgan fingerprint density at radius 3 is 2.67 bits per heavy atom. The van der Waals surface area contributed by atoms with Crippen molar-refractivity contribution in [2.24, 2.45) is 5.92 Å². The Bertz CT molecular complexity index is 847. The molecule has 1 aliphatic carbocycles. The fourth-order valence-corrected chi connectivity index (χ4v) is 4.20. The quantitative estimate of drug-likeness (QED) is 0.790. The highest BCUT2D eigenvalue weighted by molar-refractivity contribution is 7.14. The lowest BCUT2D eigenvalue weighted by molar-refractivity contribution is -0.129. The fourth-order valence-electron chi connectivity index (χ4n) is 3.11. The summed E-state index contributed by atoms with van der Waals surface area (Å²) in [4.78, 5) is 38.4. The normalized spacial score (nSPS) is 16.7. The van der Waals surface area contributed by atoms with E-state index >= 15 is 0 Å². The summed E-state index contributed by atoms with van der Waals surface area (Å²) >= 11 is 1.43. The number of aryl methyl sites for hydroxylation is 1. The number of hydrogen-bond acceptors (Lipinski definition) is 5. The lowest BCUT2D eigenvalue weighted by atomic mass is 9.90. The van der Waals surface area contributed by atoms with Crippen LogP contribution >= 0.6 is 11.3 Å². The summed E-state index contributed by atoms with van der Waals surface area (Å²) in [5.41, 5.74) is 1.69. The molecule has 3 amide bonds. The topological polar surface area (TPSA) is 84.5 Å². The average molecular weight is 386 g/mol. The molecule has 0 radical (unpaired) electrons. The van der Waals surface area contributed by atoms with Gasteiger partial charge in [0.05, 0.1) is 0 Å². The largest absolute Gasteiger partial charge is 0.443 e. The molecule has 1 aromatic heterocycles. The predicted molar refractivity (Wildman–Crippen MR) is 103 cm³/mol. The van der Waals surface area contributed by atoms with E-state index in [4.69, 9.17) is 4.74 Å². The van der Waals surface area contributed by atoms with Gasteiger partial charge in [-0.1, -0.05) is 37.3 Å². The summed E-state index contributed by atoms with van der Waals surface area (Å²) in [6.07, 6.45) is 1.84. The van der Waals surface area contributed by atoms with Crippen LogP contribution in [0.3, 0.4) is 0 Å². The van der Waals surface area contributed by atoms with E-state index in [2.05, 4.69) is 17.6 Å². The number of benzene rings is 1. The van der Waals surface area contributed by atoms with Gasteiger partial charge in [-0.15, -0.1) is 11.3 Å². The predicted octanol–water partition coefficient (Wildman–Crippen LogP) is 3.23. The molecule has 1 heterocycles. The van der Waals surface area contributed by atoms with Gasteiger partial charge >= 0.3 is 12.0 Å². The van der Waals surface area contributed by atoms with Crippen LogP contribution in [0.1, 0.15) is 45.1 Å². The van der Waals surface area contributed by atoms with Crippen LogP contribution in [0.15, 0.2) is 36.4 Å². The highest BCUT2D eigenvalue weighted by atomic mass is 32.1. The zero-order chi connectivity index (χ0) is 19.4. The first-order chi connectivity index (χ1) is 13.0. The summed E-state index contributed by atoms with van der Waals surface area (Å²) in [6.45, 7) is 2.20. The highest BCUT2D eigenvalue weighted by Gasteiger charge is 2.28. The number of nitrogens with one attached hydrogen (secondary N) is 2. The first-order valence-electron chi connectivity index (χ1n) is 8.88. The first kappa shape index (κ1) is 19.1. The molecule has 1 aliphatic rings. The molecule has 142 valence electrons. The van der Waals surface area contributed by atoms with E-state index in [0.29, 0.717) is 16.4 Å². The van der Waals surface area contributed by atoms with Crippen LogP contribution in [-0.2, 0) is 22.4 Å². The number of hydrogen-bond donors (Lipinski definition) is 2. The number of fused-ring (bicyclic) bond motifs is 1. The van der Waals surface area contributed by atoms with Crippen molar-refractivity contribution in [1.82, 2.24) is 10.6 Å². The zero-order valence-corrected chi connectivity index (χ0v) is 16.1. The van der Waals surface area contributed by atoms with E-state index in [1.807, 2.05) is 6.07 Å². The van der Waals surface area contributed by atoms with Crippen molar-refractivity contribution < 1.29 is 19.1 Å². The summed E-state index contributed by atoms with van der Waals surface area (Å²) in [5, 5.41) is 4.49. The SMILES string of the molecule is CNC(=O)NC(=O)[C@H](OC(=O)c1cc2c(s1)CC[C@H](C)C2)c1ccccc1. The van der Waals surface area contributed by atoms with Gasteiger partial charge in [0.2, 0.25) is 6.10 Å². The molecule has 1 aromatic carbocycles. The number of amides is 3. The van der Waals surface area contributed by atoms with Crippen LogP contribution in [-0.4, -0.2) is 25.0 Å². The van der Waals surface area contributed by atoms with Crippen molar-refractivity contribution in [1.29, 1.82) is 0 Å². The third-order valence-corrected chi connectivity index (χ3v) is 5.78. The van der Waals surface area contributed by atoms with Crippen LogP contribution in [0.2, 0.25) is 0 Å². The van der Waals surface area contributed by atoms with Gasteiger partial charge in [0.15, 0.2) is 0 Å². The molecule has 2 atom stereocenters. The van der Waals surface area contributed by atoms with Gasteiger partial charge in [0.25, 0.3) is 5.91 Å². The van der Waals surface area contributed by atoms with Crippen LogP contribution in [0.4, 0.5) is 4.79 Å². The average Bonchev–Trinajstić information content (AvgIpc) is 3.09. The summed E-state index contributed by atoms with van der Waals surface area (Å²) in [6, 6.07) is 9.87. The molecule has 27 heavy (non-hydrogen) atoms. The maximum Gasteiger partial charge on any atom is 0.349 e. The highest BCUT2D eigenvalue weighted by Crippen LogP contribution is 2.33. The summed E-state index contributed by atoms with van der Waals surface area (Å²) < 4.78 is 5.51. The minimum atomic E-state index is -1.20. The molecule has 0 aliphatic heterocycles. The van der Waals surface area contributed by atoms with Crippen LogP contribution < -0.4 is 10.6 Å². The number of carbonyl (C=O) groups excluding carboxylic acids is 3. The fraction of sp³-hybridized carbons (Fsp3) is 0.350. The Labute approximate surface area is 161 Å². The molecule has 6 nitrogen and oxygen atoms in total. The Hall–Kier alpha value is -2.67. The van der Waals surface area contributed by atoms with Gasteiger partial charge in [-0.05, 0) is 36.8 Å². The second-order valence-electron chi connectivity index (χ2n) is 6.67. The molecule has 0 bridgehead atoms. The molecular weight excluding hydrogens is 364 g/mol. The molecule has 3 rings (SSSR count). The molecular formula is C20H22N2O4S. The molecule has 0 fully saturated rings. The van der Waals surface area contributed by atoms with E-state index in [1.54, 1.807) is 30.3 Å². The monoisotopic (exact) mass is 386 g/mol. The smallest absolute Gasteiger partial charge is 0.349 e. The number of urea groups is 1. The number of ether oxygens (including phenoxy) is 1. The molecule has 0 saturated carbocycles. The Balaban J connectivity index is 1.80. The Kier molecular flexibility index (Phi) is 5.91. The maximum atomic E-state index is 12.7. The molecule has 0 saturated heterocycles. The minimum absolute atomic E-state index is 0.489. The second-order valence-corrected chi connectivity index (χ2v) is 7.81. The lowest BCUT2D eigenvalue weighted by Crippen LogP contribution is -2.41. The van der Waals surface area contributed by atoms with E-state index in [0.717, 1.165) is 19.3 Å². The molecule has 0 unspecified atom stereocenters. The summed E-state index contributed by atoms with van der Waals surface area (Å²) in [5.74, 6) is -0.641. The number of imide groups is 1. The van der Waals surface area contributed by atoms with Crippen molar-refractivity contribution in [2.45, 2.75) is 32.3 Å². The Morgan fingerprint density at radius 1 is 1.22 bits per heavy atom. The summed E-state index contributed by atoms with van der Waals surface area (Å²) in [7, 11) is 1.41. The van der Waals surface area contributed by atoms with Gasteiger partial charge in [0, 0.05) is 17.5 Å². The van der Waals surface area contributed by atoms with Crippen molar-refractivity contribution in [2.75, 3.05) is 7.05 Å². The van der Waals surface area contributed by atoms with Gasteiger partial charge in [0.1, 0.15) is 4.88 Å². The van der Waals surface area contributed by atoms with E-state index in [9.17, 15) is 14.4 Å². The minimum Gasteiger partial charge on any atom is -0.443 e. The Morgan fingerprint density at radius 2 is 1.96 bits per heavy atom. The number of thiophene rings is 1. The van der Waals surface area contributed by atoms with Crippen molar-refractivity contribution in [3.8, 4) is 0 Å². The lowest BCUT2D eigenvalue weighted by Gasteiger charge is -2.17. The van der Waals surface area contributed by atoms with Crippen molar-refractivity contribution in [3.05, 3.63) is 57.3 Å². The number of carbonyl (C=O) groups is 3. The van der Waals surface area contributed by atoms with Crippen LogP contribution in [0.25, 0.3) is 0 Å². The van der Waals surface area contributed by atoms with Gasteiger partial charge in [-0.3, -0.25) is 10.1 Å². The zero-order valence-electron chi connectivity index (χ0n) is 15.3. The maximum absolute atomic E-state index is 12.7. The van der Waals surface area contributed by atoms with E-state index in [-0.39, 0.29) is 0 Å². The van der Waals surface area contributed by atoms with Gasteiger partial charge in [-0.2, -0.15) is 0 Å². The number of esters is 1. The first-order valence-corrected chi connectivity index (χ1v) is 9.69. The van der Waals surface area contributed by atoms with Gasteiger partial charge in [-0.25, -0.2) is 9.59 Å². The molecule has 2 aromatic rings. The number of rotatable bonds is 4. The standard InChI is InChI=1S/C20H22N2O4S/c1-12-8-9-15-14(10-12)11-16(27-15)19(24)26-17(13-6-4-3-5-7-13)18(23)22-20(25)21-2/h3-7,11-12,17H,8-10H2,1-2H3,(H2,21,22,23,25)/t12-,17+/m0/s1. The molecule has 0 spiro atoms. The van der Waals surface area contributed by atoms with Crippen molar-refractivity contribution in [3.63, 3.8) is 0 Å². The second kappa shape index (κ2) is 8.35. The molecule has 7 heteroatoms. The van der Waals surface area contributed by atoms with E-state index in [1.165, 1.54) is 28.8 Å². The third-order valence-electron chi connectivity index (χ3n) is 4.56. The van der Waals surface area contributed by atoms with Gasteiger partial charge < -0.3 is 10.1 Å². The van der Waals surface area contributed by atoms with Crippen LogP contribution in [0.5, 0.6) is 0 Å². The molecule has 2 N–H and O–H groups in total.